The Balaban J connectivity index is 1.71. The van der Waals surface area contributed by atoms with Crippen molar-refractivity contribution in [3.05, 3.63) is 29.8 Å². The van der Waals surface area contributed by atoms with Crippen LogP contribution in [0.3, 0.4) is 0 Å². The van der Waals surface area contributed by atoms with Crippen LogP contribution in [0.1, 0.15) is 5.56 Å². The molecule has 1 aromatic carbocycles. The number of nitrogens with two attached hydrogens (primary N) is 1. The van der Waals surface area contributed by atoms with E-state index >= 15 is 0 Å². The van der Waals surface area contributed by atoms with Crippen LogP contribution < -0.4 is 5.73 Å². The predicted octanol–water partition coefficient (Wildman–Crippen LogP) is 1.53. The third-order valence-electron chi connectivity index (χ3n) is 3.62. The molecule has 1 saturated heterocycles. The number of hydrogen-bond acceptors (Lipinski definition) is 6. The van der Waals surface area contributed by atoms with Crippen molar-refractivity contribution in [2.75, 3.05) is 39.0 Å². The number of nitrogen functional groups attached to an aromatic ring is 1. The fourth-order valence-electron chi connectivity index (χ4n) is 2.42. The number of nitrogens with zero attached hydrogens (tertiary/aromatic N) is 4. The quantitative estimate of drug-likeness (QED) is 0.928. The molecule has 6 heteroatoms. The molecule has 1 fully saturated rings. The summed E-state index contributed by atoms with van der Waals surface area (Å²) in [4.78, 5) is 4.87. The van der Waals surface area contributed by atoms with Crippen molar-refractivity contribution in [1.82, 2.24) is 20.0 Å². The molecule has 0 bridgehead atoms. The Morgan fingerprint density at radius 1 is 1.20 bits per heavy atom. The van der Waals surface area contributed by atoms with E-state index in [1.807, 2.05) is 0 Å². The van der Waals surface area contributed by atoms with Gasteiger partial charge in [0.2, 0.25) is 5.13 Å². The van der Waals surface area contributed by atoms with Gasteiger partial charge in [0.15, 0.2) is 0 Å². The summed E-state index contributed by atoms with van der Waals surface area (Å²) in [5.74, 6) is 0. The first kappa shape index (κ1) is 13.5. The molecular formula is C14H19N5S. The Hall–Kier alpha value is -1.50. The first-order valence-electron chi connectivity index (χ1n) is 6.80. The Morgan fingerprint density at radius 2 is 2.00 bits per heavy atom. The van der Waals surface area contributed by atoms with Crippen LogP contribution in [0.2, 0.25) is 0 Å². The molecule has 20 heavy (non-hydrogen) atoms. The van der Waals surface area contributed by atoms with E-state index in [1.165, 1.54) is 16.9 Å². The molecule has 0 radical (unpaired) electrons. The molecule has 0 spiro atoms. The Bertz CT molecular complexity index is 574. The summed E-state index contributed by atoms with van der Waals surface area (Å²) in [6.45, 7) is 5.55. The molecule has 1 aliphatic heterocycles. The first-order valence-corrected chi connectivity index (χ1v) is 7.61. The Kier molecular flexibility index (Phi) is 3.95. The van der Waals surface area contributed by atoms with Crippen LogP contribution in [0.4, 0.5) is 5.13 Å². The summed E-state index contributed by atoms with van der Waals surface area (Å²) in [6.07, 6.45) is 0. The largest absolute Gasteiger partial charge is 0.374 e. The zero-order chi connectivity index (χ0) is 13.9. The molecule has 3 rings (SSSR count). The van der Waals surface area contributed by atoms with E-state index in [0.29, 0.717) is 5.13 Å². The minimum atomic E-state index is 0.518. The van der Waals surface area contributed by atoms with Crippen LogP contribution in [0.25, 0.3) is 10.6 Å². The van der Waals surface area contributed by atoms with Crippen molar-refractivity contribution in [2.45, 2.75) is 6.54 Å². The van der Waals surface area contributed by atoms with Crippen LogP contribution in [-0.2, 0) is 6.54 Å². The highest BCUT2D eigenvalue weighted by Gasteiger charge is 2.14. The second-order valence-electron chi connectivity index (χ2n) is 5.23. The fraction of sp³-hybridized carbons (Fsp3) is 0.429. The molecule has 0 atom stereocenters. The molecule has 0 saturated carbocycles. The average molecular weight is 289 g/mol. The fourth-order valence-corrected chi connectivity index (χ4v) is 3.02. The van der Waals surface area contributed by atoms with Crippen LogP contribution in [0, 0.1) is 0 Å². The molecule has 1 aliphatic rings. The van der Waals surface area contributed by atoms with Crippen molar-refractivity contribution in [3.8, 4) is 10.6 Å². The van der Waals surface area contributed by atoms with E-state index in [2.05, 4.69) is 51.3 Å². The summed E-state index contributed by atoms with van der Waals surface area (Å²) in [5, 5.41) is 9.39. The minimum absolute atomic E-state index is 0.518. The highest BCUT2D eigenvalue weighted by Crippen LogP contribution is 2.25. The van der Waals surface area contributed by atoms with E-state index in [9.17, 15) is 0 Å². The third kappa shape index (κ3) is 3.15. The lowest BCUT2D eigenvalue weighted by atomic mass is 10.1. The molecule has 2 aromatic rings. The van der Waals surface area contributed by atoms with E-state index in [0.717, 1.165) is 43.3 Å². The molecule has 2 N–H and O–H groups in total. The van der Waals surface area contributed by atoms with Gasteiger partial charge in [-0.3, -0.25) is 4.90 Å². The number of rotatable bonds is 3. The summed E-state index contributed by atoms with van der Waals surface area (Å²) in [6, 6.07) is 8.51. The number of anilines is 1. The van der Waals surface area contributed by atoms with Gasteiger partial charge in [0.25, 0.3) is 0 Å². The highest BCUT2D eigenvalue weighted by molar-refractivity contribution is 7.18. The lowest BCUT2D eigenvalue weighted by Gasteiger charge is -2.32. The molecular weight excluding hydrogens is 270 g/mol. The smallest absolute Gasteiger partial charge is 0.203 e. The van der Waals surface area contributed by atoms with Crippen molar-refractivity contribution in [2.24, 2.45) is 0 Å². The highest BCUT2D eigenvalue weighted by atomic mass is 32.1. The van der Waals surface area contributed by atoms with Gasteiger partial charge >= 0.3 is 0 Å². The van der Waals surface area contributed by atoms with Crippen LogP contribution >= 0.6 is 11.3 Å². The zero-order valence-corrected chi connectivity index (χ0v) is 12.4. The summed E-state index contributed by atoms with van der Waals surface area (Å²) in [7, 11) is 2.18. The standard InChI is InChI=1S/C14H19N5S/c1-18-5-7-19(8-6-18)10-11-3-2-4-12(9-11)13-16-17-14(15)20-13/h2-4,9H,5-8,10H2,1H3,(H2,15,17). The third-order valence-corrected chi connectivity index (χ3v) is 4.42. The van der Waals surface area contributed by atoms with E-state index in [4.69, 9.17) is 5.73 Å². The van der Waals surface area contributed by atoms with E-state index < -0.39 is 0 Å². The van der Waals surface area contributed by atoms with Gasteiger partial charge in [0, 0.05) is 38.3 Å². The molecule has 2 heterocycles. The van der Waals surface area contributed by atoms with Crippen LogP contribution in [-0.4, -0.2) is 53.2 Å². The van der Waals surface area contributed by atoms with Crippen molar-refractivity contribution < 1.29 is 0 Å². The lowest BCUT2D eigenvalue weighted by molar-refractivity contribution is 0.148. The molecule has 0 unspecified atom stereocenters. The number of likely N-dealkylation sites (N-methyl/N-ethyl adjacent to an activating group) is 1. The number of aromatic nitrogens is 2. The minimum Gasteiger partial charge on any atom is -0.374 e. The molecule has 1 aromatic heterocycles. The van der Waals surface area contributed by atoms with E-state index in [-0.39, 0.29) is 0 Å². The molecule has 0 amide bonds. The van der Waals surface area contributed by atoms with Crippen molar-refractivity contribution in [3.63, 3.8) is 0 Å². The van der Waals surface area contributed by atoms with Gasteiger partial charge in [-0.25, -0.2) is 0 Å². The average Bonchev–Trinajstić information content (AvgIpc) is 2.89. The molecule has 0 aliphatic carbocycles. The molecule has 5 nitrogen and oxygen atoms in total. The summed E-state index contributed by atoms with van der Waals surface area (Å²) < 4.78 is 0. The van der Waals surface area contributed by atoms with Gasteiger partial charge in [0.05, 0.1) is 0 Å². The Labute approximate surface area is 123 Å². The number of piperazine rings is 1. The first-order chi connectivity index (χ1) is 9.70. The van der Waals surface area contributed by atoms with Crippen LogP contribution in [0.15, 0.2) is 24.3 Å². The van der Waals surface area contributed by atoms with Gasteiger partial charge in [-0.1, -0.05) is 29.5 Å². The second kappa shape index (κ2) is 5.87. The normalized spacial score (nSPS) is 17.4. The lowest BCUT2D eigenvalue weighted by Crippen LogP contribution is -2.43. The maximum absolute atomic E-state index is 5.65. The zero-order valence-electron chi connectivity index (χ0n) is 11.6. The maximum Gasteiger partial charge on any atom is 0.203 e. The molecule has 106 valence electrons. The van der Waals surface area contributed by atoms with Crippen molar-refractivity contribution >= 4 is 16.5 Å². The topological polar surface area (TPSA) is 58.3 Å². The number of benzene rings is 1. The number of hydrogen-bond donors (Lipinski definition) is 1. The maximum atomic E-state index is 5.65. The van der Waals surface area contributed by atoms with Gasteiger partial charge in [-0.2, -0.15) is 0 Å². The van der Waals surface area contributed by atoms with Gasteiger partial charge in [-0.15, -0.1) is 10.2 Å². The summed E-state index contributed by atoms with van der Waals surface area (Å²) >= 11 is 1.43. The van der Waals surface area contributed by atoms with E-state index in [1.54, 1.807) is 0 Å². The van der Waals surface area contributed by atoms with Crippen molar-refractivity contribution in [1.29, 1.82) is 0 Å². The van der Waals surface area contributed by atoms with Crippen LogP contribution in [0.5, 0.6) is 0 Å². The SMILES string of the molecule is CN1CCN(Cc2cccc(-c3nnc(N)s3)c2)CC1. The van der Waals surface area contributed by atoms with Gasteiger partial charge < -0.3 is 10.6 Å². The predicted molar refractivity (Wildman–Crippen MR) is 82.5 cm³/mol. The van der Waals surface area contributed by atoms with Gasteiger partial charge in [-0.05, 0) is 18.7 Å². The Morgan fingerprint density at radius 3 is 2.70 bits per heavy atom. The monoisotopic (exact) mass is 289 g/mol. The van der Waals surface area contributed by atoms with Gasteiger partial charge in [0.1, 0.15) is 5.01 Å². The second-order valence-corrected chi connectivity index (χ2v) is 6.23. The summed E-state index contributed by atoms with van der Waals surface area (Å²) in [5.41, 5.74) is 8.07.